The highest BCUT2D eigenvalue weighted by molar-refractivity contribution is 7.99. The Hall–Kier alpha value is 0.270. The molecule has 0 spiro atoms. The first-order chi connectivity index (χ1) is 5.27. The molecule has 11 heavy (non-hydrogen) atoms. The van der Waals surface area contributed by atoms with Crippen molar-refractivity contribution in [1.82, 2.24) is 10.2 Å². The molecular weight excluding hydrogens is 156 g/mol. The quantitative estimate of drug-likeness (QED) is 0.580. The van der Waals surface area contributed by atoms with Crippen molar-refractivity contribution in [2.45, 2.75) is 6.42 Å². The topological polar surface area (TPSA) is 15.3 Å². The molecule has 0 aliphatic heterocycles. The van der Waals surface area contributed by atoms with E-state index in [4.69, 9.17) is 0 Å². The third-order valence-electron chi connectivity index (χ3n) is 1.40. The summed E-state index contributed by atoms with van der Waals surface area (Å²) in [6.45, 7) is 2.35. The zero-order valence-electron chi connectivity index (χ0n) is 7.89. The first kappa shape index (κ1) is 11.3. The lowest BCUT2D eigenvalue weighted by Gasteiger charge is -2.08. The molecule has 1 N–H and O–H groups in total. The van der Waals surface area contributed by atoms with Crippen molar-refractivity contribution >= 4 is 11.8 Å². The molecule has 0 fully saturated rings. The molecule has 0 heterocycles. The van der Waals surface area contributed by atoms with Crippen molar-refractivity contribution in [3.05, 3.63) is 0 Å². The van der Waals surface area contributed by atoms with Gasteiger partial charge in [0.2, 0.25) is 0 Å². The van der Waals surface area contributed by atoms with E-state index in [0.717, 1.165) is 6.54 Å². The summed E-state index contributed by atoms with van der Waals surface area (Å²) >= 11 is 2.04. The molecule has 0 aromatic carbocycles. The van der Waals surface area contributed by atoms with E-state index in [9.17, 15) is 0 Å². The van der Waals surface area contributed by atoms with Crippen LogP contribution in [0.1, 0.15) is 6.42 Å². The van der Waals surface area contributed by atoms with Gasteiger partial charge < -0.3 is 10.2 Å². The minimum atomic E-state index is 1.15. The maximum Gasteiger partial charge on any atom is 0.00662 e. The molecule has 0 aromatic rings. The predicted molar refractivity (Wildman–Crippen MR) is 54.4 cm³/mol. The average Bonchev–Trinajstić information content (AvgIpc) is 1.96. The molecule has 0 saturated carbocycles. The Morgan fingerprint density at radius 3 is 2.55 bits per heavy atom. The van der Waals surface area contributed by atoms with Crippen LogP contribution in [-0.2, 0) is 0 Å². The predicted octanol–water partition coefficient (Wildman–Crippen LogP) is 0.891. The molecule has 0 amide bonds. The summed E-state index contributed by atoms with van der Waals surface area (Å²) in [5.41, 5.74) is 0. The third-order valence-corrected chi connectivity index (χ3v) is 2.45. The van der Waals surface area contributed by atoms with Gasteiger partial charge in [0, 0.05) is 12.3 Å². The summed E-state index contributed by atoms with van der Waals surface area (Å²) in [6.07, 6.45) is 1.29. The van der Waals surface area contributed by atoms with Crippen LogP contribution in [0.5, 0.6) is 0 Å². The number of nitrogens with zero attached hydrogens (tertiary/aromatic N) is 1. The van der Waals surface area contributed by atoms with Crippen LogP contribution in [-0.4, -0.2) is 50.6 Å². The van der Waals surface area contributed by atoms with Gasteiger partial charge in [0.1, 0.15) is 0 Å². The molecule has 0 aliphatic rings. The van der Waals surface area contributed by atoms with Gasteiger partial charge in [-0.25, -0.2) is 0 Å². The number of rotatable bonds is 7. The Labute approximate surface area is 74.7 Å². The Morgan fingerprint density at radius 2 is 2.00 bits per heavy atom. The first-order valence-corrected chi connectivity index (χ1v) is 5.30. The fourth-order valence-electron chi connectivity index (χ4n) is 0.700. The zero-order valence-corrected chi connectivity index (χ0v) is 8.71. The maximum atomic E-state index is 3.14. The molecule has 0 unspecified atom stereocenters. The van der Waals surface area contributed by atoms with Crippen LogP contribution in [0.25, 0.3) is 0 Å². The number of hydrogen-bond donors (Lipinski definition) is 1. The van der Waals surface area contributed by atoms with Gasteiger partial charge in [-0.15, -0.1) is 0 Å². The minimum Gasteiger partial charge on any atom is -0.320 e. The van der Waals surface area contributed by atoms with Crippen LogP contribution in [0, 0.1) is 0 Å². The van der Waals surface area contributed by atoms with Gasteiger partial charge in [0.15, 0.2) is 0 Å². The maximum absolute atomic E-state index is 3.14. The molecule has 0 aliphatic carbocycles. The molecular formula is C8H20N2S. The molecule has 0 saturated heterocycles. The number of nitrogens with one attached hydrogen (secondary N) is 1. The van der Waals surface area contributed by atoms with Crippen LogP contribution in [0.15, 0.2) is 0 Å². The van der Waals surface area contributed by atoms with Gasteiger partial charge >= 0.3 is 0 Å². The van der Waals surface area contributed by atoms with E-state index < -0.39 is 0 Å². The van der Waals surface area contributed by atoms with Gasteiger partial charge in [0.05, 0.1) is 0 Å². The summed E-state index contributed by atoms with van der Waals surface area (Å²) in [5.74, 6) is 2.55. The zero-order chi connectivity index (χ0) is 8.53. The summed E-state index contributed by atoms with van der Waals surface area (Å²) in [6, 6.07) is 0. The van der Waals surface area contributed by atoms with E-state index in [2.05, 4.69) is 24.3 Å². The number of thioether (sulfide) groups is 1. The average molecular weight is 176 g/mol. The lowest BCUT2D eigenvalue weighted by Crippen LogP contribution is -2.15. The second-order valence-electron chi connectivity index (χ2n) is 2.87. The molecule has 3 heteroatoms. The van der Waals surface area contributed by atoms with E-state index in [1.165, 1.54) is 24.5 Å². The Kier molecular flexibility index (Phi) is 8.57. The fraction of sp³-hybridized carbons (Fsp3) is 1.00. The minimum absolute atomic E-state index is 1.15. The van der Waals surface area contributed by atoms with Crippen LogP contribution in [0.3, 0.4) is 0 Å². The first-order valence-electron chi connectivity index (χ1n) is 4.14. The van der Waals surface area contributed by atoms with E-state index in [0.29, 0.717) is 0 Å². The normalized spacial score (nSPS) is 10.9. The third kappa shape index (κ3) is 10.3. The highest BCUT2D eigenvalue weighted by Crippen LogP contribution is 2.00. The SMILES string of the molecule is CNCCCSCCN(C)C. The van der Waals surface area contributed by atoms with E-state index in [-0.39, 0.29) is 0 Å². The molecule has 0 radical (unpaired) electrons. The summed E-state index contributed by atoms with van der Waals surface area (Å²) in [5, 5.41) is 3.14. The Balaban J connectivity index is 2.80. The summed E-state index contributed by atoms with van der Waals surface area (Å²) in [7, 11) is 6.24. The van der Waals surface area contributed by atoms with Crippen LogP contribution in [0.4, 0.5) is 0 Å². The highest BCUT2D eigenvalue weighted by atomic mass is 32.2. The highest BCUT2D eigenvalue weighted by Gasteiger charge is 1.90. The van der Waals surface area contributed by atoms with Gasteiger partial charge in [-0.1, -0.05) is 0 Å². The van der Waals surface area contributed by atoms with Crippen molar-refractivity contribution in [2.24, 2.45) is 0 Å². The number of hydrogen-bond acceptors (Lipinski definition) is 3. The smallest absolute Gasteiger partial charge is 0.00662 e. The van der Waals surface area contributed by atoms with Crippen LogP contribution in [0.2, 0.25) is 0 Å². The van der Waals surface area contributed by atoms with Crippen molar-refractivity contribution in [3.8, 4) is 0 Å². The molecule has 2 nitrogen and oxygen atoms in total. The van der Waals surface area contributed by atoms with E-state index >= 15 is 0 Å². The summed E-state index contributed by atoms with van der Waals surface area (Å²) in [4.78, 5) is 2.23. The lowest BCUT2D eigenvalue weighted by molar-refractivity contribution is 0.437. The standard InChI is InChI=1S/C8H20N2S/c1-9-5-4-7-11-8-6-10(2)3/h9H,4-8H2,1-3H3. The lowest BCUT2D eigenvalue weighted by atomic mass is 10.5. The van der Waals surface area contributed by atoms with Crippen molar-refractivity contribution < 1.29 is 0 Å². The van der Waals surface area contributed by atoms with Crippen molar-refractivity contribution in [1.29, 1.82) is 0 Å². The van der Waals surface area contributed by atoms with E-state index in [1.807, 2.05) is 18.8 Å². The van der Waals surface area contributed by atoms with Crippen molar-refractivity contribution in [3.63, 3.8) is 0 Å². The molecule has 0 atom stereocenters. The Bertz CT molecular complexity index is 76.5. The molecule has 0 rings (SSSR count). The van der Waals surface area contributed by atoms with Gasteiger partial charge in [-0.3, -0.25) is 0 Å². The van der Waals surface area contributed by atoms with E-state index in [1.54, 1.807) is 0 Å². The monoisotopic (exact) mass is 176 g/mol. The summed E-state index contributed by atoms with van der Waals surface area (Å²) < 4.78 is 0. The molecule has 0 bridgehead atoms. The van der Waals surface area contributed by atoms with Crippen LogP contribution < -0.4 is 5.32 Å². The molecule has 68 valence electrons. The van der Waals surface area contributed by atoms with Crippen LogP contribution >= 0.6 is 11.8 Å². The second-order valence-corrected chi connectivity index (χ2v) is 4.10. The van der Waals surface area contributed by atoms with Gasteiger partial charge in [-0.2, -0.15) is 11.8 Å². The van der Waals surface area contributed by atoms with Crippen molar-refractivity contribution in [2.75, 3.05) is 45.7 Å². The second kappa shape index (κ2) is 8.37. The fourth-order valence-corrected chi connectivity index (χ4v) is 1.75. The molecule has 0 aromatic heterocycles. The largest absolute Gasteiger partial charge is 0.320 e. The Morgan fingerprint density at radius 1 is 1.27 bits per heavy atom. The van der Waals surface area contributed by atoms with Gasteiger partial charge in [-0.05, 0) is 39.9 Å². The van der Waals surface area contributed by atoms with Gasteiger partial charge in [0.25, 0.3) is 0 Å².